The van der Waals surface area contributed by atoms with E-state index >= 15 is 0 Å². The average Bonchev–Trinajstić information content (AvgIpc) is 2.62. The van der Waals surface area contributed by atoms with E-state index in [4.69, 9.17) is 11.6 Å². The standard InChI is InChI=1S/C19H20ClN3O2/c1-14-16(20)8-5-9-17(14)22-18(24)10-11-19(25)23-21-13-12-15-6-3-2-4-7-15/h2-9,13H,10-12H2,1H3,(H,22,24)(H,23,25). The summed E-state index contributed by atoms with van der Waals surface area (Å²) < 4.78 is 0. The van der Waals surface area contributed by atoms with Gasteiger partial charge in [-0.25, -0.2) is 5.43 Å². The number of carbonyl (C=O) groups is 2. The first-order chi connectivity index (χ1) is 12.1. The van der Waals surface area contributed by atoms with Crippen molar-refractivity contribution in [2.45, 2.75) is 26.2 Å². The van der Waals surface area contributed by atoms with Gasteiger partial charge in [-0.1, -0.05) is 48.0 Å². The van der Waals surface area contributed by atoms with E-state index in [2.05, 4.69) is 15.8 Å². The predicted octanol–water partition coefficient (Wildman–Crippen LogP) is 3.71. The summed E-state index contributed by atoms with van der Waals surface area (Å²) in [5.74, 6) is -0.545. The molecule has 0 aromatic heterocycles. The summed E-state index contributed by atoms with van der Waals surface area (Å²) in [6.45, 7) is 1.83. The summed E-state index contributed by atoms with van der Waals surface area (Å²) in [5.41, 5.74) is 4.98. The average molecular weight is 358 g/mol. The van der Waals surface area contributed by atoms with E-state index in [9.17, 15) is 9.59 Å². The van der Waals surface area contributed by atoms with Gasteiger partial charge in [0.05, 0.1) is 0 Å². The Hall–Kier alpha value is -2.66. The molecule has 0 radical (unpaired) electrons. The molecule has 25 heavy (non-hydrogen) atoms. The number of nitrogens with zero attached hydrogens (tertiary/aromatic N) is 1. The van der Waals surface area contributed by atoms with Crippen LogP contribution in [0.25, 0.3) is 0 Å². The van der Waals surface area contributed by atoms with Crippen LogP contribution >= 0.6 is 11.6 Å². The number of rotatable bonds is 7. The van der Waals surface area contributed by atoms with Crippen molar-refractivity contribution in [3.63, 3.8) is 0 Å². The van der Waals surface area contributed by atoms with Gasteiger partial charge in [-0.3, -0.25) is 9.59 Å². The molecule has 0 spiro atoms. The zero-order valence-corrected chi connectivity index (χ0v) is 14.7. The SMILES string of the molecule is Cc1c(Cl)cccc1NC(=O)CCC(=O)NN=CCc1ccccc1. The van der Waals surface area contributed by atoms with Crippen LogP contribution in [-0.2, 0) is 16.0 Å². The third-order valence-electron chi connectivity index (χ3n) is 3.57. The Labute approximate surface area is 152 Å². The summed E-state index contributed by atoms with van der Waals surface area (Å²) in [4.78, 5) is 23.6. The van der Waals surface area contributed by atoms with Gasteiger partial charge >= 0.3 is 0 Å². The number of hydrogen-bond donors (Lipinski definition) is 2. The van der Waals surface area contributed by atoms with Crippen molar-refractivity contribution >= 4 is 35.3 Å². The molecule has 0 saturated heterocycles. The van der Waals surface area contributed by atoms with E-state index in [1.165, 1.54) is 0 Å². The van der Waals surface area contributed by atoms with Crippen LogP contribution in [0, 0.1) is 6.92 Å². The lowest BCUT2D eigenvalue weighted by molar-refractivity contribution is -0.124. The number of hydrogen-bond acceptors (Lipinski definition) is 3. The molecule has 0 atom stereocenters. The van der Waals surface area contributed by atoms with Gasteiger partial charge < -0.3 is 5.32 Å². The molecule has 0 unspecified atom stereocenters. The number of anilines is 1. The van der Waals surface area contributed by atoms with Gasteiger partial charge in [0.2, 0.25) is 11.8 Å². The molecule has 2 rings (SSSR count). The second-order valence-corrected chi connectivity index (χ2v) is 5.90. The second-order valence-electron chi connectivity index (χ2n) is 5.50. The first kappa shape index (κ1) is 18.7. The fourth-order valence-corrected chi connectivity index (χ4v) is 2.30. The number of benzene rings is 2. The summed E-state index contributed by atoms with van der Waals surface area (Å²) in [6, 6.07) is 15.1. The molecule has 0 heterocycles. The van der Waals surface area contributed by atoms with Crippen molar-refractivity contribution in [3.05, 3.63) is 64.7 Å². The number of nitrogens with one attached hydrogen (secondary N) is 2. The van der Waals surface area contributed by atoms with Gasteiger partial charge in [0.25, 0.3) is 0 Å². The van der Waals surface area contributed by atoms with Crippen LogP contribution in [0.4, 0.5) is 5.69 Å². The Morgan fingerprint density at radius 1 is 1.04 bits per heavy atom. The molecule has 0 saturated carbocycles. The van der Waals surface area contributed by atoms with E-state index in [-0.39, 0.29) is 24.7 Å². The number of amides is 2. The first-order valence-corrected chi connectivity index (χ1v) is 8.33. The predicted molar refractivity (Wildman–Crippen MR) is 101 cm³/mol. The maximum atomic E-state index is 11.9. The lowest BCUT2D eigenvalue weighted by Gasteiger charge is -2.09. The summed E-state index contributed by atoms with van der Waals surface area (Å²) in [6.07, 6.45) is 2.40. The first-order valence-electron chi connectivity index (χ1n) is 7.95. The second kappa shape index (κ2) is 9.59. The van der Waals surface area contributed by atoms with Gasteiger partial charge in [-0.2, -0.15) is 5.10 Å². The summed E-state index contributed by atoms with van der Waals surface area (Å²) in [5, 5.41) is 7.22. The largest absolute Gasteiger partial charge is 0.326 e. The topological polar surface area (TPSA) is 70.6 Å². The molecule has 2 aromatic carbocycles. The highest BCUT2D eigenvalue weighted by molar-refractivity contribution is 6.31. The molecule has 0 bridgehead atoms. The van der Waals surface area contributed by atoms with Crippen LogP contribution in [0.5, 0.6) is 0 Å². The molecule has 0 aliphatic rings. The molecule has 6 heteroatoms. The number of halogens is 1. The van der Waals surface area contributed by atoms with Crippen molar-refractivity contribution in [2.75, 3.05) is 5.32 Å². The highest BCUT2D eigenvalue weighted by Crippen LogP contribution is 2.23. The maximum absolute atomic E-state index is 11.9. The fraction of sp³-hybridized carbons (Fsp3) is 0.211. The molecule has 2 N–H and O–H groups in total. The van der Waals surface area contributed by atoms with Crippen LogP contribution in [0.15, 0.2) is 53.6 Å². The molecule has 5 nitrogen and oxygen atoms in total. The minimum Gasteiger partial charge on any atom is -0.326 e. The van der Waals surface area contributed by atoms with Crippen molar-refractivity contribution < 1.29 is 9.59 Å². The minimum absolute atomic E-state index is 0.0636. The third kappa shape index (κ3) is 6.39. The molecule has 0 aliphatic heterocycles. The van der Waals surface area contributed by atoms with E-state index in [0.29, 0.717) is 17.1 Å². The minimum atomic E-state index is -0.303. The maximum Gasteiger partial charge on any atom is 0.240 e. The molecular formula is C19H20ClN3O2. The molecule has 0 fully saturated rings. The summed E-state index contributed by atoms with van der Waals surface area (Å²) >= 11 is 6.01. The highest BCUT2D eigenvalue weighted by Gasteiger charge is 2.09. The summed E-state index contributed by atoms with van der Waals surface area (Å²) in [7, 11) is 0. The van der Waals surface area contributed by atoms with Gasteiger partial charge in [-0.15, -0.1) is 0 Å². The van der Waals surface area contributed by atoms with Crippen LogP contribution in [0.1, 0.15) is 24.0 Å². The van der Waals surface area contributed by atoms with Crippen LogP contribution in [-0.4, -0.2) is 18.0 Å². The lowest BCUT2D eigenvalue weighted by atomic mass is 10.2. The van der Waals surface area contributed by atoms with Gasteiger partial charge in [0, 0.05) is 36.2 Å². The van der Waals surface area contributed by atoms with Crippen molar-refractivity contribution in [1.82, 2.24) is 5.43 Å². The van der Waals surface area contributed by atoms with E-state index in [0.717, 1.165) is 11.1 Å². The Bertz CT molecular complexity index is 761. The Morgan fingerprint density at radius 2 is 1.76 bits per heavy atom. The quantitative estimate of drug-likeness (QED) is 0.585. The van der Waals surface area contributed by atoms with E-state index in [1.54, 1.807) is 24.4 Å². The Kier molecular flexibility index (Phi) is 7.16. The van der Waals surface area contributed by atoms with Crippen LogP contribution in [0.2, 0.25) is 5.02 Å². The third-order valence-corrected chi connectivity index (χ3v) is 3.98. The highest BCUT2D eigenvalue weighted by atomic mass is 35.5. The van der Waals surface area contributed by atoms with Gasteiger partial charge in [-0.05, 0) is 30.2 Å². The number of carbonyl (C=O) groups excluding carboxylic acids is 2. The van der Waals surface area contributed by atoms with Gasteiger partial charge in [0.1, 0.15) is 0 Å². The smallest absolute Gasteiger partial charge is 0.240 e. The van der Waals surface area contributed by atoms with E-state index in [1.807, 2.05) is 37.3 Å². The monoisotopic (exact) mass is 357 g/mol. The van der Waals surface area contributed by atoms with Gasteiger partial charge in [0.15, 0.2) is 0 Å². The van der Waals surface area contributed by atoms with Crippen molar-refractivity contribution in [2.24, 2.45) is 5.10 Å². The Morgan fingerprint density at radius 3 is 2.52 bits per heavy atom. The lowest BCUT2D eigenvalue weighted by Crippen LogP contribution is -2.21. The molecule has 2 amide bonds. The molecular weight excluding hydrogens is 338 g/mol. The number of hydrazone groups is 1. The molecule has 130 valence electrons. The van der Waals surface area contributed by atoms with E-state index < -0.39 is 0 Å². The van der Waals surface area contributed by atoms with Crippen LogP contribution < -0.4 is 10.7 Å². The zero-order valence-electron chi connectivity index (χ0n) is 14.0. The van der Waals surface area contributed by atoms with Crippen LogP contribution in [0.3, 0.4) is 0 Å². The zero-order chi connectivity index (χ0) is 18.1. The van der Waals surface area contributed by atoms with Crippen molar-refractivity contribution in [3.8, 4) is 0 Å². The molecule has 0 aliphatic carbocycles. The fourth-order valence-electron chi connectivity index (χ4n) is 2.12. The Balaban J connectivity index is 1.70. The molecule has 2 aromatic rings. The van der Waals surface area contributed by atoms with Crippen molar-refractivity contribution in [1.29, 1.82) is 0 Å². The normalized spacial score (nSPS) is 10.6.